The van der Waals surface area contributed by atoms with Crippen molar-refractivity contribution in [2.45, 2.75) is 18.4 Å². The van der Waals surface area contributed by atoms with Crippen LogP contribution in [0.2, 0.25) is 15.1 Å². The van der Waals surface area contributed by atoms with E-state index in [4.69, 9.17) is 44.3 Å². The van der Waals surface area contributed by atoms with Gasteiger partial charge in [-0.15, -0.1) is 0 Å². The zero-order valence-corrected chi connectivity index (χ0v) is 18.5. The van der Waals surface area contributed by atoms with Crippen LogP contribution in [0, 0.1) is 5.92 Å². The van der Waals surface area contributed by atoms with Gasteiger partial charge in [-0.25, -0.2) is 0 Å². The van der Waals surface area contributed by atoms with Gasteiger partial charge in [0.1, 0.15) is 0 Å². The van der Waals surface area contributed by atoms with Gasteiger partial charge in [-0.05, 0) is 52.0 Å². The van der Waals surface area contributed by atoms with E-state index in [1.165, 1.54) is 0 Å². The van der Waals surface area contributed by atoms with Gasteiger partial charge in [0, 0.05) is 11.5 Å². The average molecular weight is 490 g/mol. The van der Waals surface area contributed by atoms with Crippen molar-refractivity contribution in [3.05, 3.63) is 61.0 Å². The average Bonchev–Trinajstić information content (AvgIpc) is 3.14. The lowest BCUT2D eigenvalue weighted by molar-refractivity contribution is 0.351. The Morgan fingerprint density at radius 1 is 1.07 bits per heavy atom. The summed E-state index contributed by atoms with van der Waals surface area (Å²) in [6, 6.07) is 5.80. The van der Waals surface area contributed by atoms with Gasteiger partial charge in [0.15, 0.2) is 11.5 Å². The molecule has 1 N–H and O–H groups in total. The zero-order chi connectivity index (χ0) is 19.3. The van der Waals surface area contributed by atoms with Crippen molar-refractivity contribution in [2.75, 3.05) is 19.5 Å². The second kappa shape index (κ2) is 7.40. The Morgan fingerprint density at radius 3 is 2.56 bits per heavy atom. The normalized spacial score (nSPS) is 22.8. The largest absolute Gasteiger partial charge is 0.493 e. The number of ether oxygens (including phenoxy) is 2. The molecule has 1 aliphatic heterocycles. The predicted molar refractivity (Wildman–Crippen MR) is 115 cm³/mol. The summed E-state index contributed by atoms with van der Waals surface area (Å²) in [6.45, 7) is 0. The molecule has 1 aliphatic carbocycles. The second-order valence-electron chi connectivity index (χ2n) is 6.66. The van der Waals surface area contributed by atoms with E-state index in [-0.39, 0.29) is 12.0 Å². The van der Waals surface area contributed by atoms with Crippen LogP contribution in [-0.4, -0.2) is 14.2 Å². The number of allylic oxidation sites excluding steroid dienone is 2. The standard InChI is InChI=1S/C20H17BrCl3NO2/c1-26-15-7-9(6-12(21)20(15)27-2)18-11-5-3-4-10(11)16-17(24)13(22)8-14(23)19(16)25-18/h3-4,6-8,10-11,18,25H,5H2,1-2H3/t10-,11-,18-/m0/s1. The molecule has 3 nitrogen and oxygen atoms in total. The van der Waals surface area contributed by atoms with Crippen molar-refractivity contribution in [3.63, 3.8) is 0 Å². The quantitative estimate of drug-likeness (QED) is 0.364. The number of benzene rings is 2. The van der Waals surface area contributed by atoms with Crippen molar-refractivity contribution in [2.24, 2.45) is 5.92 Å². The summed E-state index contributed by atoms with van der Waals surface area (Å²) in [7, 11) is 3.26. The molecule has 0 saturated carbocycles. The van der Waals surface area contributed by atoms with Crippen molar-refractivity contribution >= 4 is 56.4 Å². The Morgan fingerprint density at radius 2 is 1.85 bits per heavy atom. The molecule has 1 heterocycles. The van der Waals surface area contributed by atoms with E-state index in [9.17, 15) is 0 Å². The van der Waals surface area contributed by atoms with Crippen molar-refractivity contribution in [3.8, 4) is 11.5 Å². The van der Waals surface area contributed by atoms with E-state index in [1.807, 2.05) is 6.07 Å². The third-order valence-corrected chi connectivity index (χ3v) is 6.99. The lowest BCUT2D eigenvalue weighted by Gasteiger charge is -2.38. The van der Waals surface area contributed by atoms with Gasteiger partial charge in [0.2, 0.25) is 0 Å². The molecule has 0 radical (unpaired) electrons. The maximum atomic E-state index is 6.55. The van der Waals surface area contributed by atoms with Crippen molar-refractivity contribution in [1.29, 1.82) is 0 Å². The summed E-state index contributed by atoms with van der Waals surface area (Å²) in [5, 5.41) is 5.22. The van der Waals surface area contributed by atoms with E-state index in [1.54, 1.807) is 20.3 Å². The van der Waals surface area contributed by atoms with Crippen LogP contribution in [0.15, 0.2) is 34.8 Å². The van der Waals surface area contributed by atoms with E-state index in [0.29, 0.717) is 32.5 Å². The maximum absolute atomic E-state index is 6.55. The first kappa shape index (κ1) is 19.3. The molecule has 0 bridgehead atoms. The maximum Gasteiger partial charge on any atom is 0.174 e. The van der Waals surface area contributed by atoms with Crippen LogP contribution < -0.4 is 14.8 Å². The Kier molecular flexibility index (Phi) is 5.28. The first-order valence-corrected chi connectivity index (χ1v) is 10.4. The molecule has 0 amide bonds. The van der Waals surface area contributed by atoms with Gasteiger partial charge in [-0.1, -0.05) is 47.0 Å². The molecule has 0 spiro atoms. The van der Waals surface area contributed by atoms with Crippen LogP contribution in [0.3, 0.4) is 0 Å². The van der Waals surface area contributed by atoms with Gasteiger partial charge < -0.3 is 14.8 Å². The first-order chi connectivity index (χ1) is 13.0. The van der Waals surface area contributed by atoms with E-state index >= 15 is 0 Å². The molecule has 2 aromatic carbocycles. The first-order valence-electron chi connectivity index (χ1n) is 8.48. The molecule has 0 fully saturated rings. The SMILES string of the molecule is COc1cc([C@@H]2Nc3c(Cl)cc(Cl)c(Cl)c3[C@H]3C=CC[C@@H]32)cc(Br)c1OC. The minimum atomic E-state index is 0.0448. The van der Waals surface area contributed by atoms with Crippen LogP contribution in [0.25, 0.3) is 0 Å². The fraction of sp³-hybridized carbons (Fsp3) is 0.300. The topological polar surface area (TPSA) is 30.5 Å². The highest BCUT2D eigenvalue weighted by Crippen LogP contribution is 2.55. The Hall–Kier alpha value is -1.07. The number of nitrogens with one attached hydrogen (secondary N) is 1. The Labute approximate surface area is 181 Å². The van der Waals surface area contributed by atoms with Crippen LogP contribution in [0.5, 0.6) is 11.5 Å². The summed E-state index contributed by atoms with van der Waals surface area (Å²) in [5.41, 5.74) is 2.91. The van der Waals surface area contributed by atoms with Crippen molar-refractivity contribution < 1.29 is 9.47 Å². The molecule has 0 saturated heterocycles. The number of methoxy groups -OCH3 is 2. The Bertz CT molecular complexity index is 948. The number of fused-ring (bicyclic) bond motifs is 3. The molecule has 27 heavy (non-hydrogen) atoms. The molecule has 4 rings (SSSR count). The minimum Gasteiger partial charge on any atom is -0.493 e. The summed E-state index contributed by atoms with van der Waals surface area (Å²) in [4.78, 5) is 0. The van der Waals surface area contributed by atoms with Gasteiger partial charge in [-0.3, -0.25) is 0 Å². The number of rotatable bonds is 3. The lowest BCUT2D eigenvalue weighted by Crippen LogP contribution is -2.29. The molecule has 2 aromatic rings. The van der Waals surface area contributed by atoms with E-state index < -0.39 is 0 Å². The number of hydrogen-bond donors (Lipinski definition) is 1. The zero-order valence-electron chi connectivity index (χ0n) is 14.7. The second-order valence-corrected chi connectivity index (χ2v) is 8.70. The fourth-order valence-corrected chi connectivity index (χ4v) is 5.54. The van der Waals surface area contributed by atoms with Gasteiger partial charge in [-0.2, -0.15) is 0 Å². The van der Waals surface area contributed by atoms with E-state index in [0.717, 1.165) is 27.7 Å². The van der Waals surface area contributed by atoms with E-state index in [2.05, 4.69) is 39.5 Å². The van der Waals surface area contributed by atoms with Crippen LogP contribution in [0.4, 0.5) is 5.69 Å². The third-order valence-electron chi connectivity index (χ3n) is 5.30. The number of hydrogen-bond acceptors (Lipinski definition) is 3. The molecule has 142 valence electrons. The summed E-state index contributed by atoms with van der Waals surface area (Å²) >= 11 is 22.9. The molecule has 0 unspecified atom stereocenters. The number of halogens is 4. The van der Waals surface area contributed by atoms with Gasteiger partial charge >= 0.3 is 0 Å². The van der Waals surface area contributed by atoms with Gasteiger partial charge in [0.25, 0.3) is 0 Å². The van der Waals surface area contributed by atoms with Crippen LogP contribution >= 0.6 is 50.7 Å². The molecule has 3 atom stereocenters. The molecule has 0 aromatic heterocycles. The van der Waals surface area contributed by atoms with Crippen LogP contribution in [-0.2, 0) is 0 Å². The minimum absolute atomic E-state index is 0.0448. The summed E-state index contributed by atoms with van der Waals surface area (Å²) in [6.07, 6.45) is 5.33. The fourth-order valence-electron chi connectivity index (χ4n) is 4.11. The highest BCUT2D eigenvalue weighted by Gasteiger charge is 2.41. The molecular weight excluding hydrogens is 472 g/mol. The third kappa shape index (κ3) is 3.11. The molecular formula is C20H17BrCl3NO2. The summed E-state index contributed by atoms with van der Waals surface area (Å²) in [5.74, 6) is 1.81. The van der Waals surface area contributed by atoms with Gasteiger partial charge in [0.05, 0.1) is 45.5 Å². The summed E-state index contributed by atoms with van der Waals surface area (Å²) < 4.78 is 11.8. The lowest BCUT2D eigenvalue weighted by atomic mass is 9.77. The monoisotopic (exact) mass is 487 g/mol. The highest BCUT2D eigenvalue weighted by atomic mass is 79.9. The molecule has 2 aliphatic rings. The van der Waals surface area contributed by atoms with Crippen molar-refractivity contribution in [1.82, 2.24) is 0 Å². The Balaban J connectivity index is 1.85. The van der Waals surface area contributed by atoms with Crippen LogP contribution in [0.1, 0.15) is 29.5 Å². The number of anilines is 1. The highest BCUT2D eigenvalue weighted by molar-refractivity contribution is 9.10. The molecule has 7 heteroatoms. The predicted octanol–water partition coefficient (Wildman–Crippen LogP) is 7.25. The smallest absolute Gasteiger partial charge is 0.174 e.